The Hall–Kier alpha value is -4.06. The maximum atomic E-state index is 12.9. The van der Waals surface area contributed by atoms with Crippen LogP contribution in [0.5, 0.6) is 23.0 Å². The number of benzene rings is 3. The highest BCUT2D eigenvalue weighted by atomic mass is 16.5. The average molecular weight is 432 g/mol. The van der Waals surface area contributed by atoms with E-state index in [9.17, 15) is 9.59 Å². The van der Waals surface area contributed by atoms with E-state index in [0.29, 0.717) is 12.4 Å². The molecule has 0 saturated heterocycles. The minimum atomic E-state index is -0.551. The standard InChI is InChI=1S/C26H24O6/c1-18(27)32-25-16-22(29-2)15-24(30-3)26(25)23(28)14-11-19-9-12-21(13-10-19)31-17-20-7-5-4-6-8-20/h4-16H,17H2,1-3H3/b14-11+. The van der Waals surface area contributed by atoms with E-state index in [1.54, 1.807) is 12.1 Å². The molecule has 32 heavy (non-hydrogen) atoms. The first-order valence-corrected chi connectivity index (χ1v) is 9.94. The number of allylic oxidation sites excluding steroid dienone is 1. The van der Waals surface area contributed by atoms with Crippen LogP contribution in [-0.2, 0) is 11.4 Å². The van der Waals surface area contributed by atoms with Crippen molar-refractivity contribution < 1.29 is 28.5 Å². The van der Waals surface area contributed by atoms with E-state index >= 15 is 0 Å². The third kappa shape index (κ3) is 5.98. The normalized spacial score (nSPS) is 10.6. The summed E-state index contributed by atoms with van der Waals surface area (Å²) in [5.41, 5.74) is 2.04. The van der Waals surface area contributed by atoms with Gasteiger partial charge in [0.1, 0.15) is 35.2 Å². The minimum Gasteiger partial charge on any atom is -0.496 e. The van der Waals surface area contributed by atoms with E-state index in [4.69, 9.17) is 18.9 Å². The number of hydrogen-bond donors (Lipinski definition) is 0. The molecule has 164 valence electrons. The lowest BCUT2D eigenvalue weighted by atomic mass is 10.1. The van der Waals surface area contributed by atoms with Gasteiger partial charge in [-0.1, -0.05) is 48.5 Å². The van der Waals surface area contributed by atoms with Crippen molar-refractivity contribution in [2.75, 3.05) is 14.2 Å². The van der Waals surface area contributed by atoms with Gasteiger partial charge in [0.25, 0.3) is 0 Å². The van der Waals surface area contributed by atoms with Crippen molar-refractivity contribution in [2.24, 2.45) is 0 Å². The Labute approximate surface area is 187 Å². The van der Waals surface area contributed by atoms with Gasteiger partial charge < -0.3 is 18.9 Å². The van der Waals surface area contributed by atoms with Gasteiger partial charge in [-0.25, -0.2) is 0 Å². The van der Waals surface area contributed by atoms with Crippen LogP contribution in [0.15, 0.2) is 72.8 Å². The van der Waals surface area contributed by atoms with E-state index < -0.39 is 5.97 Å². The van der Waals surface area contributed by atoms with Crippen molar-refractivity contribution in [1.29, 1.82) is 0 Å². The third-order valence-electron chi connectivity index (χ3n) is 4.55. The van der Waals surface area contributed by atoms with Crippen molar-refractivity contribution in [3.8, 4) is 23.0 Å². The van der Waals surface area contributed by atoms with Crippen molar-refractivity contribution in [3.63, 3.8) is 0 Å². The van der Waals surface area contributed by atoms with Crippen LogP contribution in [0.3, 0.4) is 0 Å². The molecule has 0 aliphatic heterocycles. The number of hydrogen-bond acceptors (Lipinski definition) is 6. The van der Waals surface area contributed by atoms with Crippen LogP contribution in [0, 0.1) is 0 Å². The zero-order valence-electron chi connectivity index (χ0n) is 18.2. The molecule has 6 nitrogen and oxygen atoms in total. The topological polar surface area (TPSA) is 71.1 Å². The zero-order chi connectivity index (χ0) is 22.9. The quantitative estimate of drug-likeness (QED) is 0.203. The van der Waals surface area contributed by atoms with E-state index in [1.807, 2.05) is 54.6 Å². The van der Waals surface area contributed by atoms with Crippen LogP contribution in [0.1, 0.15) is 28.4 Å². The molecule has 0 aliphatic rings. The average Bonchev–Trinajstić information content (AvgIpc) is 2.81. The summed E-state index contributed by atoms with van der Waals surface area (Å²) in [6.45, 7) is 1.74. The molecule has 0 bridgehead atoms. The molecule has 0 saturated carbocycles. The van der Waals surface area contributed by atoms with Crippen LogP contribution < -0.4 is 18.9 Å². The van der Waals surface area contributed by atoms with Gasteiger partial charge in [0.15, 0.2) is 5.78 Å². The second-order valence-electron chi connectivity index (χ2n) is 6.84. The maximum Gasteiger partial charge on any atom is 0.308 e. The molecule has 0 atom stereocenters. The largest absolute Gasteiger partial charge is 0.496 e. The number of esters is 1. The summed E-state index contributed by atoms with van der Waals surface area (Å²) in [7, 11) is 2.90. The van der Waals surface area contributed by atoms with Crippen LogP contribution in [0.25, 0.3) is 6.08 Å². The fraction of sp³-hybridized carbons (Fsp3) is 0.154. The molecule has 3 aromatic carbocycles. The van der Waals surface area contributed by atoms with E-state index in [1.165, 1.54) is 33.3 Å². The number of carbonyl (C=O) groups is 2. The first kappa shape index (κ1) is 22.6. The Balaban J connectivity index is 1.75. The van der Waals surface area contributed by atoms with Gasteiger partial charge in [0, 0.05) is 19.1 Å². The molecule has 3 rings (SSSR count). The molecule has 6 heteroatoms. The number of ether oxygens (including phenoxy) is 4. The summed E-state index contributed by atoms with van der Waals surface area (Å²) < 4.78 is 21.5. The Kier molecular flexibility index (Phi) is 7.65. The molecule has 0 aromatic heterocycles. The molecule has 0 spiro atoms. The smallest absolute Gasteiger partial charge is 0.308 e. The van der Waals surface area contributed by atoms with Crippen molar-refractivity contribution in [1.82, 2.24) is 0 Å². The molecule has 3 aromatic rings. The molecule has 0 N–H and O–H groups in total. The van der Waals surface area contributed by atoms with Crippen LogP contribution in [0.4, 0.5) is 0 Å². The fourth-order valence-corrected chi connectivity index (χ4v) is 2.99. The number of rotatable bonds is 9. The summed E-state index contributed by atoms with van der Waals surface area (Å²) in [5.74, 6) is 0.540. The number of methoxy groups -OCH3 is 2. The first-order chi connectivity index (χ1) is 15.5. The van der Waals surface area contributed by atoms with E-state index in [-0.39, 0.29) is 22.8 Å². The number of carbonyl (C=O) groups excluding carboxylic acids is 2. The third-order valence-corrected chi connectivity index (χ3v) is 4.55. The number of ketones is 1. The van der Waals surface area contributed by atoms with Gasteiger partial charge in [0.05, 0.1) is 14.2 Å². The summed E-state index contributed by atoms with van der Waals surface area (Å²) in [6, 6.07) is 20.3. The lowest BCUT2D eigenvalue weighted by Crippen LogP contribution is -2.08. The molecule has 0 fully saturated rings. The maximum absolute atomic E-state index is 12.9. The van der Waals surface area contributed by atoms with Gasteiger partial charge in [0.2, 0.25) is 0 Å². The Bertz CT molecular complexity index is 1100. The highest BCUT2D eigenvalue weighted by Gasteiger charge is 2.20. The minimum absolute atomic E-state index is 0.0769. The van der Waals surface area contributed by atoms with Gasteiger partial charge in [-0.15, -0.1) is 0 Å². The van der Waals surface area contributed by atoms with E-state index in [2.05, 4.69) is 0 Å². The van der Waals surface area contributed by atoms with Gasteiger partial charge in [-0.2, -0.15) is 0 Å². The van der Waals surface area contributed by atoms with Crippen LogP contribution in [0.2, 0.25) is 0 Å². The van der Waals surface area contributed by atoms with Gasteiger partial charge in [-0.3, -0.25) is 9.59 Å². The molecular formula is C26H24O6. The predicted octanol–water partition coefficient (Wildman–Crippen LogP) is 5.10. The predicted molar refractivity (Wildman–Crippen MR) is 121 cm³/mol. The van der Waals surface area contributed by atoms with Crippen LogP contribution >= 0.6 is 0 Å². The van der Waals surface area contributed by atoms with Crippen molar-refractivity contribution in [3.05, 3.63) is 89.5 Å². The summed E-state index contributed by atoms with van der Waals surface area (Å²) in [4.78, 5) is 24.4. The lowest BCUT2D eigenvalue weighted by Gasteiger charge is -2.13. The summed E-state index contributed by atoms with van der Waals surface area (Å²) in [6.07, 6.45) is 3.07. The Morgan fingerprint density at radius 3 is 2.16 bits per heavy atom. The second kappa shape index (κ2) is 10.8. The molecule has 0 radical (unpaired) electrons. The van der Waals surface area contributed by atoms with Crippen molar-refractivity contribution >= 4 is 17.8 Å². The van der Waals surface area contributed by atoms with Gasteiger partial charge >= 0.3 is 5.97 Å². The first-order valence-electron chi connectivity index (χ1n) is 9.94. The molecule has 0 unspecified atom stereocenters. The zero-order valence-corrected chi connectivity index (χ0v) is 18.2. The lowest BCUT2D eigenvalue weighted by molar-refractivity contribution is -0.131. The molecular weight excluding hydrogens is 408 g/mol. The van der Waals surface area contributed by atoms with E-state index in [0.717, 1.165) is 16.9 Å². The SMILES string of the molecule is COc1cc(OC)c(C(=O)/C=C/c2ccc(OCc3ccccc3)cc2)c(OC(C)=O)c1. The molecule has 0 amide bonds. The highest BCUT2D eigenvalue weighted by molar-refractivity contribution is 6.11. The summed E-state index contributed by atoms with van der Waals surface area (Å²) >= 11 is 0. The molecule has 0 aliphatic carbocycles. The highest BCUT2D eigenvalue weighted by Crippen LogP contribution is 2.35. The monoisotopic (exact) mass is 432 g/mol. The second-order valence-corrected chi connectivity index (χ2v) is 6.84. The Morgan fingerprint density at radius 2 is 1.53 bits per heavy atom. The van der Waals surface area contributed by atoms with Gasteiger partial charge in [-0.05, 0) is 29.3 Å². The molecule has 0 heterocycles. The van der Waals surface area contributed by atoms with Crippen LogP contribution in [-0.4, -0.2) is 26.0 Å². The Morgan fingerprint density at radius 1 is 0.844 bits per heavy atom. The fourth-order valence-electron chi connectivity index (χ4n) is 2.99. The summed E-state index contributed by atoms with van der Waals surface area (Å²) in [5, 5.41) is 0. The van der Waals surface area contributed by atoms with Crippen molar-refractivity contribution in [2.45, 2.75) is 13.5 Å².